The Bertz CT molecular complexity index is 528. The first-order chi connectivity index (χ1) is 14.7. The van der Waals surface area contributed by atoms with E-state index in [9.17, 15) is 0 Å². The molecule has 0 heterocycles. The summed E-state index contributed by atoms with van der Waals surface area (Å²) >= 11 is 0. The monoisotopic (exact) mass is 412 g/mol. The Balaban J connectivity index is 1.07. The summed E-state index contributed by atoms with van der Waals surface area (Å²) in [6, 6.07) is 0. The number of rotatable bonds is 4. The third-order valence-corrected chi connectivity index (χ3v) is 11.5. The average Bonchev–Trinajstić information content (AvgIpc) is 2.79. The maximum absolute atomic E-state index is 2.51. The molecule has 0 radical (unpaired) electrons. The maximum atomic E-state index is 2.51. The van der Waals surface area contributed by atoms with E-state index in [0.717, 1.165) is 59.2 Å². The van der Waals surface area contributed by atoms with Crippen LogP contribution < -0.4 is 0 Å². The molecule has 5 aliphatic rings. The lowest BCUT2D eigenvalue weighted by Crippen LogP contribution is -2.36. The van der Waals surface area contributed by atoms with Crippen molar-refractivity contribution in [3.63, 3.8) is 0 Å². The van der Waals surface area contributed by atoms with Gasteiger partial charge in [0.2, 0.25) is 0 Å². The van der Waals surface area contributed by atoms with Crippen LogP contribution in [0.2, 0.25) is 0 Å². The summed E-state index contributed by atoms with van der Waals surface area (Å²) in [4.78, 5) is 0. The normalized spacial score (nSPS) is 49.8. The van der Waals surface area contributed by atoms with Crippen LogP contribution in [0.3, 0.4) is 0 Å². The Morgan fingerprint density at radius 1 is 0.433 bits per heavy atom. The Morgan fingerprint density at radius 2 is 0.833 bits per heavy atom. The fourth-order valence-electron chi connectivity index (χ4n) is 9.80. The fraction of sp³-hybridized carbons (Fsp3) is 1.00. The lowest BCUT2D eigenvalue weighted by Gasteiger charge is -2.47. The van der Waals surface area contributed by atoms with Gasteiger partial charge in [-0.25, -0.2) is 0 Å². The van der Waals surface area contributed by atoms with Gasteiger partial charge in [0, 0.05) is 0 Å². The van der Waals surface area contributed by atoms with E-state index in [-0.39, 0.29) is 0 Å². The van der Waals surface area contributed by atoms with Gasteiger partial charge in [0.1, 0.15) is 0 Å². The third-order valence-electron chi connectivity index (χ3n) is 11.5. The minimum atomic E-state index is 1.02. The lowest BCUT2D eigenvalue weighted by atomic mass is 9.58. The summed E-state index contributed by atoms with van der Waals surface area (Å²) in [5.41, 5.74) is 0. The molecule has 5 saturated carbocycles. The first kappa shape index (κ1) is 21.8. The fourth-order valence-corrected chi connectivity index (χ4v) is 9.80. The van der Waals surface area contributed by atoms with Crippen LogP contribution in [0, 0.1) is 59.2 Å². The molecule has 8 atom stereocenters. The molecule has 0 aromatic carbocycles. The van der Waals surface area contributed by atoms with Gasteiger partial charge in [-0.3, -0.25) is 0 Å². The quantitative estimate of drug-likeness (QED) is 0.431. The van der Waals surface area contributed by atoms with Crippen LogP contribution in [-0.2, 0) is 0 Å². The first-order valence-electron chi connectivity index (χ1n) is 14.7. The van der Waals surface area contributed by atoms with E-state index < -0.39 is 0 Å². The van der Waals surface area contributed by atoms with Gasteiger partial charge >= 0.3 is 0 Å². The molecule has 5 fully saturated rings. The zero-order chi connectivity index (χ0) is 20.5. The summed E-state index contributed by atoms with van der Waals surface area (Å²) in [5.74, 6) is 11.1. The molecule has 0 bridgehead atoms. The van der Waals surface area contributed by atoms with E-state index in [1.807, 2.05) is 0 Å². The van der Waals surface area contributed by atoms with E-state index >= 15 is 0 Å². The number of hydrogen-bond acceptors (Lipinski definition) is 0. The largest absolute Gasteiger partial charge is 0.0654 e. The van der Waals surface area contributed by atoms with E-state index in [1.165, 1.54) is 19.3 Å². The highest BCUT2D eigenvalue weighted by molar-refractivity contribution is 4.92. The van der Waals surface area contributed by atoms with Gasteiger partial charge in [-0.1, -0.05) is 39.5 Å². The van der Waals surface area contributed by atoms with Crippen LogP contribution in [0.25, 0.3) is 0 Å². The third kappa shape index (κ3) is 4.83. The predicted molar refractivity (Wildman–Crippen MR) is 129 cm³/mol. The van der Waals surface area contributed by atoms with Gasteiger partial charge in [0.25, 0.3) is 0 Å². The van der Waals surface area contributed by atoms with Crippen LogP contribution in [0.1, 0.15) is 129 Å². The minimum absolute atomic E-state index is 1.02. The molecular weight excluding hydrogens is 360 g/mol. The topological polar surface area (TPSA) is 0 Å². The Morgan fingerprint density at radius 3 is 1.40 bits per heavy atom. The zero-order valence-corrected chi connectivity index (χ0v) is 20.5. The zero-order valence-electron chi connectivity index (χ0n) is 20.5. The van der Waals surface area contributed by atoms with Gasteiger partial charge in [-0.05, 0) is 149 Å². The standard InChI is InChI=1S/C30H52/c1-3-4-22-6-8-30-20-28(16-14-26(30)18-22)24-11-9-23(10-12-24)27-15-13-25-17-21(2)5-7-29(25)19-27/h21-30H,3-20H2,1-2H3. The van der Waals surface area contributed by atoms with Crippen molar-refractivity contribution in [2.24, 2.45) is 59.2 Å². The molecule has 8 unspecified atom stereocenters. The van der Waals surface area contributed by atoms with Crippen molar-refractivity contribution >= 4 is 0 Å². The van der Waals surface area contributed by atoms with Gasteiger partial charge in [-0.15, -0.1) is 0 Å². The highest BCUT2D eigenvalue weighted by atomic mass is 14.5. The Kier molecular flexibility index (Phi) is 7.18. The van der Waals surface area contributed by atoms with Crippen molar-refractivity contribution in [3.05, 3.63) is 0 Å². The summed E-state index contributed by atoms with van der Waals surface area (Å²) < 4.78 is 0. The highest BCUT2D eigenvalue weighted by Crippen LogP contribution is 2.52. The summed E-state index contributed by atoms with van der Waals surface area (Å²) in [6.45, 7) is 4.90. The van der Waals surface area contributed by atoms with E-state index in [1.54, 1.807) is 96.3 Å². The number of fused-ring (bicyclic) bond motifs is 2. The van der Waals surface area contributed by atoms with Crippen LogP contribution in [0.15, 0.2) is 0 Å². The molecule has 0 amide bonds. The second kappa shape index (κ2) is 9.87. The molecule has 0 nitrogen and oxygen atoms in total. The molecule has 0 heteroatoms. The SMILES string of the molecule is CCCC1CCC2CC(C3CCC(C4CCC5CC(C)CCC5C4)CC3)CCC2C1. The van der Waals surface area contributed by atoms with E-state index in [4.69, 9.17) is 0 Å². The molecule has 0 spiro atoms. The van der Waals surface area contributed by atoms with Crippen molar-refractivity contribution < 1.29 is 0 Å². The molecule has 172 valence electrons. The second-order valence-corrected chi connectivity index (χ2v) is 13.2. The molecule has 0 saturated heterocycles. The summed E-state index contributed by atoms with van der Waals surface area (Å²) in [6.07, 6.45) is 28.4. The molecule has 0 aromatic rings. The average molecular weight is 413 g/mol. The van der Waals surface area contributed by atoms with Crippen LogP contribution in [0.5, 0.6) is 0 Å². The smallest absolute Gasteiger partial charge is 0.0383 e. The Labute approximate surface area is 188 Å². The van der Waals surface area contributed by atoms with Gasteiger partial charge in [-0.2, -0.15) is 0 Å². The second-order valence-electron chi connectivity index (χ2n) is 13.2. The molecule has 0 aliphatic heterocycles. The van der Waals surface area contributed by atoms with Gasteiger partial charge in [0.05, 0.1) is 0 Å². The molecule has 0 N–H and O–H groups in total. The maximum Gasteiger partial charge on any atom is -0.0383 e. The molecule has 30 heavy (non-hydrogen) atoms. The van der Waals surface area contributed by atoms with Gasteiger partial charge in [0.15, 0.2) is 0 Å². The van der Waals surface area contributed by atoms with Crippen LogP contribution in [0.4, 0.5) is 0 Å². The van der Waals surface area contributed by atoms with E-state index in [2.05, 4.69) is 13.8 Å². The van der Waals surface area contributed by atoms with Crippen LogP contribution in [-0.4, -0.2) is 0 Å². The summed E-state index contributed by atoms with van der Waals surface area (Å²) in [5, 5.41) is 0. The number of hydrogen-bond donors (Lipinski definition) is 0. The predicted octanol–water partition coefficient (Wildman–Crippen LogP) is 9.28. The van der Waals surface area contributed by atoms with Crippen molar-refractivity contribution in [2.45, 2.75) is 129 Å². The Hall–Kier alpha value is 0. The molecule has 5 rings (SSSR count). The van der Waals surface area contributed by atoms with E-state index in [0.29, 0.717) is 0 Å². The summed E-state index contributed by atoms with van der Waals surface area (Å²) in [7, 11) is 0. The molecular formula is C30H52. The minimum Gasteiger partial charge on any atom is -0.0654 e. The molecule has 5 aliphatic carbocycles. The van der Waals surface area contributed by atoms with Crippen molar-refractivity contribution in [2.75, 3.05) is 0 Å². The first-order valence-corrected chi connectivity index (χ1v) is 14.7. The highest BCUT2D eigenvalue weighted by Gasteiger charge is 2.41. The van der Waals surface area contributed by atoms with Crippen molar-refractivity contribution in [1.82, 2.24) is 0 Å². The van der Waals surface area contributed by atoms with Crippen molar-refractivity contribution in [1.29, 1.82) is 0 Å². The van der Waals surface area contributed by atoms with Gasteiger partial charge < -0.3 is 0 Å². The van der Waals surface area contributed by atoms with Crippen LogP contribution >= 0.6 is 0 Å². The lowest BCUT2D eigenvalue weighted by molar-refractivity contribution is 0.0365. The van der Waals surface area contributed by atoms with Crippen molar-refractivity contribution in [3.8, 4) is 0 Å². The molecule has 0 aromatic heterocycles.